The molecule has 0 unspecified atom stereocenters. The van der Waals surface area contributed by atoms with Crippen molar-refractivity contribution in [3.8, 4) is 11.3 Å². The number of aliphatic hydroxyl groups is 2. The summed E-state index contributed by atoms with van der Waals surface area (Å²) in [6, 6.07) is 18.0. The Morgan fingerprint density at radius 1 is 1.03 bits per heavy atom. The summed E-state index contributed by atoms with van der Waals surface area (Å²) < 4.78 is 1.86. The van der Waals surface area contributed by atoms with Gasteiger partial charge in [0, 0.05) is 12.1 Å². The number of nitrogens with one attached hydrogen (secondary N) is 1. The minimum absolute atomic E-state index is 0.108. The molecule has 0 saturated heterocycles. The van der Waals surface area contributed by atoms with Crippen molar-refractivity contribution in [2.45, 2.75) is 45.4 Å². The van der Waals surface area contributed by atoms with Gasteiger partial charge in [0.15, 0.2) is 5.65 Å². The fraction of sp³-hybridized carbons (Fsp3) is 0.308. The van der Waals surface area contributed by atoms with E-state index in [4.69, 9.17) is 10.1 Å². The van der Waals surface area contributed by atoms with Gasteiger partial charge in [-0.2, -0.15) is 5.10 Å². The van der Waals surface area contributed by atoms with Gasteiger partial charge in [-0.1, -0.05) is 48.0 Å². The molecule has 6 nitrogen and oxygen atoms in total. The van der Waals surface area contributed by atoms with Crippen LogP contribution in [0.3, 0.4) is 0 Å². The number of hydrogen-bond acceptors (Lipinski definition) is 5. The number of nitrogens with zero attached hydrogens (tertiary/aromatic N) is 3. The maximum atomic E-state index is 10.7. The van der Waals surface area contributed by atoms with Crippen LogP contribution in [0, 0.1) is 13.8 Å². The van der Waals surface area contributed by atoms with Gasteiger partial charge in [0.25, 0.3) is 0 Å². The second-order valence-corrected chi connectivity index (χ2v) is 9.22. The predicted octanol–water partition coefficient (Wildman–Crippen LogP) is 3.97. The molecule has 0 amide bonds. The topological polar surface area (TPSA) is 82.7 Å². The van der Waals surface area contributed by atoms with Gasteiger partial charge in [-0.25, -0.2) is 9.50 Å². The van der Waals surface area contributed by atoms with Crippen molar-refractivity contribution in [1.29, 1.82) is 0 Å². The number of aromatic nitrogens is 3. The lowest BCUT2D eigenvalue weighted by Gasteiger charge is -2.28. The molecule has 1 aliphatic heterocycles. The highest BCUT2D eigenvalue weighted by molar-refractivity contribution is 5.61. The Kier molecular flexibility index (Phi) is 4.89. The molecule has 4 aromatic rings. The van der Waals surface area contributed by atoms with E-state index in [0.29, 0.717) is 17.9 Å². The molecule has 6 heteroatoms. The molecule has 2 atom stereocenters. The number of aryl methyl sites for hydroxylation is 2. The first-order valence-corrected chi connectivity index (χ1v) is 10.9. The van der Waals surface area contributed by atoms with Crippen molar-refractivity contribution in [3.63, 3.8) is 0 Å². The molecule has 0 aliphatic carbocycles. The quantitative estimate of drug-likeness (QED) is 0.460. The summed E-state index contributed by atoms with van der Waals surface area (Å²) in [4.78, 5) is 4.72. The van der Waals surface area contributed by atoms with Crippen molar-refractivity contribution >= 4 is 5.65 Å². The van der Waals surface area contributed by atoms with E-state index in [1.165, 1.54) is 16.7 Å². The highest BCUT2D eigenvalue weighted by Crippen LogP contribution is 2.35. The second kappa shape index (κ2) is 7.52. The zero-order valence-electron chi connectivity index (χ0n) is 18.8. The molecule has 2 aromatic carbocycles. The third-order valence-corrected chi connectivity index (χ3v) is 6.28. The zero-order valence-corrected chi connectivity index (χ0v) is 18.8. The van der Waals surface area contributed by atoms with E-state index < -0.39 is 11.7 Å². The fourth-order valence-corrected chi connectivity index (χ4v) is 4.44. The molecule has 3 N–H and O–H groups in total. The van der Waals surface area contributed by atoms with Gasteiger partial charge >= 0.3 is 0 Å². The first kappa shape index (κ1) is 20.8. The third kappa shape index (κ3) is 3.50. The van der Waals surface area contributed by atoms with E-state index in [1.54, 1.807) is 13.8 Å². The van der Waals surface area contributed by atoms with Gasteiger partial charge in [-0.05, 0) is 56.5 Å². The molecule has 164 valence electrons. The molecule has 0 saturated carbocycles. The average molecular weight is 429 g/mol. The van der Waals surface area contributed by atoms with Crippen LogP contribution in [0.1, 0.15) is 59.6 Å². The van der Waals surface area contributed by atoms with E-state index in [-0.39, 0.29) is 6.04 Å². The largest absolute Gasteiger partial charge is 0.386 e. The van der Waals surface area contributed by atoms with E-state index in [2.05, 4.69) is 37.4 Å². The van der Waals surface area contributed by atoms with Crippen LogP contribution in [0.25, 0.3) is 16.9 Å². The highest BCUT2D eigenvalue weighted by atomic mass is 16.3. The lowest BCUT2D eigenvalue weighted by molar-refractivity contribution is 0.0786. The Balaban J connectivity index is 1.65. The van der Waals surface area contributed by atoms with Gasteiger partial charge in [-0.15, -0.1) is 0 Å². The molecular weight excluding hydrogens is 400 g/mol. The number of hydrogen-bond donors (Lipinski definition) is 3. The van der Waals surface area contributed by atoms with Crippen LogP contribution >= 0.6 is 0 Å². The van der Waals surface area contributed by atoms with E-state index >= 15 is 0 Å². The van der Waals surface area contributed by atoms with Crippen LogP contribution in [0.15, 0.2) is 54.6 Å². The Morgan fingerprint density at radius 3 is 2.50 bits per heavy atom. The lowest BCUT2D eigenvalue weighted by atomic mass is 9.92. The molecule has 1 aliphatic rings. The van der Waals surface area contributed by atoms with Crippen molar-refractivity contribution in [1.82, 2.24) is 19.9 Å². The maximum Gasteiger partial charge on any atom is 0.154 e. The Bertz CT molecular complexity index is 1300. The molecule has 2 aromatic heterocycles. The Labute approximate surface area is 187 Å². The van der Waals surface area contributed by atoms with Crippen LogP contribution < -0.4 is 5.32 Å². The first-order chi connectivity index (χ1) is 15.2. The standard InChI is InChI=1S/C26H28N4O2/c1-15-5-6-16(2)19(13-15)23-25-24(21(31)14-27-23)28-22-12-11-20(29-30(22)25)17-7-9-18(10-8-17)26(3,4)32/h5-13,21,23,27,31-32H,14H2,1-4H3/t21-,23+/m1/s1. The monoisotopic (exact) mass is 428 g/mol. The summed E-state index contributed by atoms with van der Waals surface area (Å²) in [5.74, 6) is 0. The van der Waals surface area contributed by atoms with Crippen LogP contribution in [-0.2, 0) is 5.60 Å². The molecule has 5 rings (SSSR count). The second-order valence-electron chi connectivity index (χ2n) is 9.22. The van der Waals surface area contributed by atoms with Crippen molar-refractivity contribution in [3.05, 3.63) is 88.2 Å². The van der Waals surface area contributed by atoms with E-state index in [1.807, 2.05) is 40.9 Å². The third-order valence-electron chi connectivity index (χ3n) is 6.28. The van der Waals surface area contributed by atoms with Crippen LogP contribution in [0.2, 0.25) is 0 Å². The van der Waals surface area contributed by atoms with Crippen molar-refractivity contribution in [2.75, 3.05) is 6.54 Å². The Hall–Kier alpha value is -3.06. The zero-order chi connectivity index (χ0) is 22.6. The number of aliphatic hydroxyl groups excluding tert-OH is 1. The summed E-state index contributed by atoms with van der Waals surface area (Å²) in [6.45, 7) is 8.18. The average Bonchev–Trinajstić information content (AvgIpc) is 3.15. The van der Waals surface area contributed by atoms with Gasteiger partial charge in [0.2, 0.25) is 0 Å². The number of imidazole rings is 1. The normalized spacial score (nSPS) is 18.7. The van der Waals surface area contributed by atoms with E-state index in [0.717, 1.165) is 22.5 Å². The molecule has 32 heavy (non-hydrogen) atoms. The summed E-state index contributed by atoms with van der Waals surface area (Å²) >= 11 is 0. The SMILES string of the molecule is Cc1ccc(C)c([C@@H]2NC[C@@H](O)c3nc4ccc(-c5ccc(C(C)(C)O)cc5)nn4c32)c1. The van der Waals surface area contributed by atoms with Crippen molar-refractivity contribution < 1.29 is 10.2 Å². The van der Waals surface area contributed by atoms with Crippen LogP contribution in [0.5, 0.6) is 0 Å². The molecular formula is C26H28N4O2. The van der Waals surface area contributed by atoms with Crippen LogP contribution in [0.4, 0.5) is 0 Å². The van der Waals surface area contributed by atoms with Crippen molar-refractivity contribution in [2.24, 2.45) is 0 Å². The molecule has 0 fully saturated rings. The van der Waals surface area contributed by atoms with Gasteiger partial charge < -0.3 is 15.5 Å². The minimum Gasteiger partial charge on any atom is -0.386 e. The fourth-order valence-electron chi connectivity index (χ4n) is 4.44. The van der Waals surface area contributed by atoms with Gasteiger partial charge in [0.05, 0.1) is 28.7 Å². The van der Waals surface area contributed by atoms with E-state index in [9.17, 15) is 10.2 Å². The van der Waals surface area contributed by atoms with Gasteiger partial charge in [-0.3, -0.25) is 0 Å². The van der Waals surface area contributed by atoms with Gasteiger partial charge in [0.1, 0.15) is 6.10 Å². The smallest absolute Gasteiger partial charge is 0.154 e. The predicted molar refractivity (Wildman–Crippen MR) is 124 cm³/mol. The number of β-amino-alcohol motifs (C(OH)–C–C–N with tert-alkyl or cyclic N) is 1. The molecule has 0 radical (unpaired) electrons. The molecule has 0 spiro atoms. The molecule has 0 bridgehead atoms. The highest BCUT2D eigenvalue weighted by Gasteiger charge is 2.33. The van der Waals surface area contributed by atoms with Crippen LogP contribution in [-0.4, -0.2) is 31.4 Å². The maximum absolute atomic E-state index is 10.7. The summed E-state index contributed by atoms with van der Waals surface area (Å²) in [5.41, 5.74) is 7.53. The lowest BCUT2D eigenvalue weighted by Crippen LogP contribution is -2.35. The number of benzene rings is 2. The summed E-state index contributed by atoms with van der Waals surface area (Å²) in [6.07, 6.45) is -0.678. The number of fused-ring (bicyclic) bond motifs is 3. The minimum atomic E-state index is -0.889. The summed E-state index contributed by atoms with van der Waals surface area (Å²) in [7, 11) is 0. The first-order valence-electron chi connectivity index (χ1n) is 10.9. The Morgan fingerprint density at radius 2 is 1.78 bits per heavy atom. The molecule has 3 heterocycles. The number of rotatable bonds is 3. The summed E-state index contributed by atoms with van der Waals surface area (Å²) in [5, 5.41) is 29.3.